The SMILES string of the molecule is C[C@@H](Sc1nc2sc3c(c2c(=O)n1C)CCC3)C(=O)Nc1ccccc1F. The molecule has 27 heavy (non-hydrogen) atoms. The van der Waals surface area contributed by atoms with E-state index in [9.17, 15) is 14.0 Å². The number of carbonyl (C=O) groups is 1. The number of aryl methyl sites for hydroxylation is 2. The zero-order valence-corrected chi connectivity index (χ0v) is 16.5. The number of aromatic nitrogens is 2. The molecule has 1 atom stereocenters. The van der Waals surface area contributed by atoms with Crippen LogP contribution in [0.15, 0.2) is 34.2 Å². The van der Waals surface area contributed by atoms with Gasteiger partial charge in [-0.05, 0) is 43.9 Å². The summed E-state index contributed by atoms with van der Waals surface area (Å²) in [6, 6.07) is 6.03. The predicted molar refractivity (Wildman–Crippen MR) is 107 cm³/mol. The van der Waals surface area contributed by atoms with Gasteiger partial charge in [0.05, 0.1) is 16.3 Å². The van der Waals surface area contributed by atoms with Crippen LogP contribution in [-0.4, -0.2) is 20.7 Å². The first-order valence-electron chi connectivity index (χ1n) is 8.69. The molecular formula is C19H18FN3O2S2. The molecule has 0 radical (unpaired) electrons. The van der Waals surface area contributed by atoms with Crippen molar-refractivity contribution in [2.45, 2.75) is 36.6 Å². The Kier molecular flexibility index (Phi) is 4.77. The van der Waals surface area contributed by atoms with Crippen molar-refractivity contribution in [3.8, 4) is 0 Å². The van der Waals surface area contributed by atoms with Gasteiger partial charge in [-0.25, -0.2) is 9.37 Å². The summed E-state index contributed by atoms with van der Waals surface area (Å²) >= 11 is 2.77. The van der Waals surface area contributed by atoms with Crippen LogP contribution in [0.5, 0.6) is 0 Å². The minimum Gasteiger partial charge on any atom is -0.323 e. The van der Waals surface area contributed by atoms with Crippen molar-refractivity contribution in [3.05, 3.63) is 50.9 Å². The van der Waals surface area contributed by atoms with Crippen LogP contribution >= 0.6 is 23.1 Å². The Balaban J connectivity index is 1.59. The first-order valence-corrected chi connectivity index (χ1v) is 10.4. The van der Waals surface area contributed by atoms with Gasteiger partial charge in [0, 0.05) is 11.9 Å². The fourth-order valence-electron chi connectivity index (χ4n) is 3.22. The fraction of sp³-hybridized carbons (Fsp3) is 0.316. The molecule has 0 spiro atoms. The second-order valence-electron chi connectivity index (χ2n) is 6.53. The number of thioether (sulfide) groups is 1. The average molecular weight is 404 g/mol. The number of para-hydroxylation sites is 1. The first kappa shape index (κ1) is 18.2. The van der Waals surface area contributed by atoms with Crippen LogP contribution in [0.2, 0.25) is 0 Å². The molecule has 4 rings (SSSR count). The van der Waals surface area contributed by atoms with Crippen molar-refractivity contribution in [3.63, 3.8) is 0 Å². The average Bonchev–Trinajstić information content (AvgIpc) is 3.22. The van der Waals surface area contributed by atoms with E-state index in [4.69, 9.17) is 0 Å². The Bertz CT molecular complexity index is 1110. The lowest BCUT2D eigenvalue weighted by Crippen LogP contribution is -2.25. The van der Waals surface area contributed by atoms with Gasteiger partial charge in [0.25, 0.3) is 5.56 Å². The van der Waals surface area contributed by atoms with Crippen molar-refractivity contribution in [2.75, 3.05) is 5.32 Å². The number of benzene rings is 1. The quantitative estimate of drug-likeness (QED) is 0.532. The minimum absolute atomic E-state index is 0.0661. The van der Waals surface area contributed by atoms with E-state index in [1.165, 1.54) is 33.3 Å². The van der Waals surface area contributed by atoms with E-state index < -0.39 is 11.1 Å². The summed E-state index contributed by atoms with van der Waals surface area (Å²) in [5.74, 6) is -0.823. The molecule has 3 aromatic rings. The van der Waals surface area contributed by atoms with Gasteiger partial charge in [0.2, 0.25) is 5.91 Å². The molecule has 0 bridgehead atoms. The topological polar surface area (TPSA) is 64.0 Å². The Hall–Kier alpha value is -2.19. The van der Waals surface area contributed by atoms with Gasteiger partial charge < -0.3 is 5.32 Å². The highest BCUT2D eigenvalue weighted by molar-refractivity contribution is 8.00. The molecule has 0 fully saturated rings. The predicted octanol–water partition coefficient (Wildman–Crippen LogP) is 3.74. The summed E-state index contributed by atoms with van der Waals surface area (Å²) in [6.45, 7) is 1.71. The van der Waals surface area contributed by atoms with E-state index in [1.807, 2.05) is 0 Å². The molecule has 1 aliphatic carbocycles. The Morgan fingerprint density at radius 2 is 2.15 bits per heavy atom. The molecule has 140 valence electrons. The third-order valence-corrected chi connectivity index (χ3v) is 7.02. The lowest BCUT2D eigenvalue weighted by Gasteiger charge is -2.14. The normalized spacial score (nSPS) is 14.3. The van der Waals surface area contributed by atoms with Gasteiger partial charge in [0.15, 0.2) is 5.16 Å². The smallest absolute Gasteiger partial charge is 0.262 e. The first-order chi connectivity index (χ1) is 13.0. The van der Waals surface area contributed by atoms with Crippen LogP contribution in [0.25, 0.3) is 10.2 Å². The third-order valence-electron chi connectivity index (χ3n) is 4.69. The molecule has 1 aliphatic rings. The van der Waals surface area contributed by atoms with Crippen molar-refractivity contribution in [1.82, 2.24) is 9.55 Å². The van der Waals surface area contributed by atoms with Gasteiger partial charge in [0.1, 0.15) is 10.6 Å². The van der Waals surface area contributed by atoms with Crippen molar-refractivity contribution < 1.29 is 9.18 Å². The highest BCUT2D eigenvalue weighted by Crippen LogP contribution is 2.35. The van der Waals surface area contributed by atoms with Gasteiger partial charge in [-0.15, -0.1) is 11.3 Å². The van der Waals surface area contributed by atoms with E-state index in [0.717, 1.165) is 35.0 Å². The molecule has 0 saturated carbocycles. The van der Waals surface area contributed by atoms with E-state index in [2.05, 4.69) is 10.3 Å². The van der Waals surface area contributed by atoms with Crippen LogP contribution in [0.4, 0.5) is 10.1 Å². The van der Waals surface area contributed by atoms with E-state index >= 15 is 0 Å². The number of nitrogens with zero attached hydrogens (tertiary/aromatic N) is 2. The maximum atomic E-state index is 13.7. The van der Waals surface area contributed by atoms with Crippen molar-refractivity contribution in [1.29, 1.82) is 0 Å². The number of carbonyl (C=O) groups excluding carboxylic acids is 1. The van der Waals surface area contributed by atoms with Gasteiger partial charge in [-0.3, -0.25) is 14.2 Å². The number of anilines is 1. The molecular weight excluding hydrogens is 385 g/mol. The zero-order chi connectivity index (χ0) is 19.1. The zero-order valence-electron chi connectivity index (χ0n) is 14.9. The van der Waals surface area contributed by atoms with Crippen LogP contribution < -0.4 is 10.9 Å². The van der Waals surface area contributed by atoms with Gasteiger partial charge >= 0.3 is 0 Å². The number of amides is 1. The number of nitrogens with one attached hydrogen (secondary N) is 1. The van der Waals surface area contributed by atoms with Crippen molar-refractivity contribution >= 4 is 44.9 Å². The Morgan fingerprint density at radius 1 is 1.37 bits per heavy atom. The third kappa shape index (κ3) is 3.27. The van der Waals surface area contributed by atoms with Gasteiger partial charge in [-0.1, -0.05) is 23.9 Å². The molecule has 0 aliphatic heterocycles. The molecule has 8 heteroatoms. The van der Waals surface area contributed by atoms with Crippen LogP contribution in [-0.2, 0) is 24.7 Å². The molecule has 5 nitrogen and oxygen atoms in total. The standard InChI is InChI=1S/C19H18FN3O2S2/c1-10(16(24)21-13-8-4-3-7-12(13)20)26-19-22-17-15(18(25)23(19)2)11-6-5-9-14(11)27-17/h3-4,7-8,10H,5-6,9H2,1-2H3,(H,21,24)/t10-/m1/s1. The maximum Gasteiger partial charge on any atom is 0.262 e. The summed E-state index contributed by atoms with van der Waals surface area (Å²) in [5, 5.41) is 3.26. The molecule has 2 heterocycles. The summed E-state index contributed by atoms with van der Waals surface area (Å²) in [5.41, 5.74) is 1.22. The number of fused-ring (bicyclic) bond motifs is 3. The number of thiophene rings is 1. The molecule has 0 saturated heterocycles. The molecule has 0 unspecified atom stereocenters. The van der Waals surface area contributed by atoms with E-state index in [1.54, 1.807) is 37.4 Å². The van der Waals surface area contributed by atoms with Crippen molar-refractivity contribution in [2.24, 2.45) is 7.05 Å². The highest BCUT2D eigenvalue weighted by atomic mass is 32.2. The summed E-state index contributed by atoms with van der Waals surface area (Å²) in [4.78, 5) is 31.9. The van der Waals surface area contributed by atoms with Gasteiger partial charge in [-0.2, -0.15) is 0 Å². The molecule has 1 aromatic carbocycles. The number of rotatable bonds is 4. The Labute approximate surface area is 163 Å². The van der Waals surface area contributed by atoms with Crippen LogP contribution in [0.1, 0.15) is 23.8 Å². The maximum absolute atomic E-state index is 13.7. The highest BCUT2D eigenvalue weighted by Gasteiger charge is 2.24. The summed E-state index contributed by atoms with van der Waals surface area (Å²) in [6.07, 6.45) is 3.02. The largest absolute Gasteiger partial charge is 0.323 e. The number of hydrogen-bond donors (Lipinski definition) is 1. The minimum atomic E-state index is -0.535. The lowest BCUT2D eigenvalue weighted by atomic mass is 10.2. The van der Waals surface area contributed by atoms with E-state index in [-0.39, 0.29) is 17.2 Å². The van der Waals surface area contributed by atoms with E-state index in [0.29, 0.717) is 5.16 Å². The second kappa shape index (κ2) is 7.09. The molecule has 1 N–H and O–H groups in total. The Morgan fingerprint density at radius 3 is 2.93 bits per heavy atom. The monoisotopic (exact) mass is 403 g/mol. The van der Waals surface area contributed by atoms with Crippen LogP contribution in [0, 0.1) is 5.82 Å². The number of halogens is 1. The van der Waals surface area contributed by atoms with Crippen LogP contribution in [0.3, 0.4) is 0 Å². The molecule has 2 aromatic heterocycles. The summed E-state index contributed by atoms with van der Waals surface area (Å²) < 4.78 is 15.2. The molecule has 1 amide bonds. The number of hydrogen-bond acceptors (Lipinski definition) is 5. The fourth-order valence-corrected chi connectivity index (χ4v) is 5.40. The summed E-state index contributed by atoms with van der Waals surface area (Å²) in [7, 11) is 1.68. The second-order valence-corrected chi connectivity index (χ2v) is 8.92. The lowest BCUT2D eigenvalue weighted by molar-refractivity contribution is -0.115.